The van der Waals surface area contributed by atoms with Crippen molar-refractivity contribution in [2.45, 2.75) is 32.9 Å². The van der Waals surface area contributed by atoms with E-state index in [-0.39, 0.29) is 6.04 Å². The summed E-state index contributed by atoms with van der Waals surface area (Å²) >= 11 is 0. The van der Waals surface area contributed by atoms with E-state index < -0.39 is 0 Å². The molecule has 1 unspecified atom stereocenters. The van der Waals surface area contributed by atoms with Gasteiger partial charge in [-0.15, -0.1) is 5.10 Å². The summed E-state index contributed by atoms with van der Waals surface area (Å²) in [6, 6.07) is 0.908. The van der Waals surface area contributed by atoms with Gasteiger partial charge < -0.3 is 19.4 Å². The largest absolute Gasteiger partial charge is 0.406 e. The Kier molecular flexibility index (Phi) is 5.37. The lowest BCUT2D eigenvalue weighted by atomic mass is 10.3. The van der Waals surface area contributed by atoms with E-state index in [2.05, 4.69) is 29.4 Å². The van der Waals surface area contributed by atoms with E-state index in [9.17, 15) is 0 Å². The molecular weight excluding hydrogens is 220 g/mol. The second kappa shape index (κ2) is 6.56. The van der Waals surface area contributed by atoms with Gasteiger partial charge in [0.25, 0.3) is 0 Å². The lowest BCUT2D eigenvalue weighted by molar-refractivity contribution is 0.202. The van der Waals surface area contributed by atoms with Crippen LogP contribution in [0.4, 0.5) is 6.01 Å². The van der Waals surface area contributed by atoms with E-state index in [4.69, 9.17) is 9.15 Å². The Bertz CT molecular complexity index is 327. The summed E-state index contributed by atoms with van der Waals surface area (Å²) in [5.74, 6) is 0.602. The first-order valence-electron chi connectivity index (χ1n) is 5.86. The number of aromatic nitrogens is 2. The standard InChI is InChI=1S/C11H22N4O2/c1-8(2)15(6-7-16-5)11-14-13-10(17-11)9(3)12-4/h8-9,12H,6-7H2,1-5H3. The molecule has 0 fully saturated rings. The molecular formula is C11H22N4O2. The molecule has 1 aromatic heterocycles. The van der Waals surface area contributed by atoms with Crippen LogP contribution in [-0.2, 0) is 4.74 Å². The van der Waals surface area contributed by atoms with Crippen LogP contribution in [0.3, 0.4) is 0 Å². The van der Waals surface area contributed by atoms with Crippen LogP contribution in [0.15, 0.2) is 4.42 Å². The van der Waals surface area contributed by atoms with E-state index in [1.54, 1.807) is 7.11 Å². The Balaban J connectivity index is 2.76. The van der Waals surface area contributed by atoms with Crippen molar-refractivity contribution in [1.82, 2.24) is 15.5 Å². The zero-order valence-corrected chi connectivity index (χ0v) is 11.2. The van der Waals surface area contributed by atoms with Gasteiger partial charge in [0.1, 0.15) is 0 Å². The summed E-state index contributed by atoms with van der Waals surface area (Å²) in [6.45, 7) is 7.52. The normalized spacial score (nSPS) is 13.1. The van der Waals surface area contributed by atoms with Gasteiger partial charge in [-0.2, -0.15) is 0 Å². The summed E-state index contributed by atoms with van der Waals surface area (Å²) < 4.78 is 10.7. The van der Waals surface area contributed by atoms with E-state index in [1.165, 1.54) is 0 Å². The molecule has 1 heterocycles. The fraction of sp³-hybridized carbons (Fsp3) is 0.818. The number of hydrogen-bond acceptors (Lipinski definition) is 6. The molecule has 1 N–H and O–H groups in total. The van der Waals surface area contributed by atoms with Crippen molar-refractivity contribution in [3.05, 3.63) is 5.89 Å². The maximum atomic E-state index is 5.64. The average Bonchev–Trinajstić information content (AvgIpc) is 2.77. The average molecular weight is 242 g/mol. The fourth-order valence-corrected chi connectivity index (χ4v) is 1.41. The van der Waals surface area contributed by atoms with E-state index in [1.807, 2.05) is 18.9 Å². The Morgan fingerprint density at radius 1 is 1.35 bits per heavy atom. The summed E-state index contributed by atoms with van der Waals surface area (Å²) in [7, 11) is 3.54. The monoisotopic (exact) mass is 242 g/mol. The third kappa shape index (κ3) is 3.67. The quantitative estimate of drug-likeness (QED) is 0.775. The molecule has 0 saturated heterocycles. The van der Waals surface area contributed by atoms with Gasteiger partial charge in [0, 0.05) is 19.7 Å². The minimum Gasteiger partial charge on any atom is -0.406 e. The second-order valence-corrected chi connectivity index (χ2v) is 4.21. The minimum absolute atomic E-state index is 0.0627. The zero-order chi connectivity index (χ0) is 12.8. The van der Waals surface area contributed by atoms with Gasteiger partial charge in [0.2, 0.25) is 5.89 Å². The van der Waals surface area contributed by atoms with Gasteiger partial charge in [-0.25, -0.2) is 0 Å². The molecule has 0 radical (unpaired) electrons. The van der Waals surface area contributed by atoms with Crippen molar-refractivity contribution < 1.29 is 9.15 Å². The summed E-state index contributed by atoms with van der Waals surface area (Å²) in [4.78, 5) is 2.03. The molecule has 98 valence electrons. The maximum Gasteiger partial charge on any atom is 0.318 e. The highest BCUT2D eigenvalue weighted by Gasteiger charge is 2.19. The molecule has 0 bridgehead atoms. The van der Waals surface area contributed by atoms with E-state index in [0.29, 0.717) is 24.6 Å². The maximum absolute atomic E-state index is 5.64. The molecule has 17 heavy (non-hydrogen) atoms. The summed E-state index contributed by atoms with van der Waals surface area (Å²) in [6.07, 6.45) is 0. The molecule has 1 rings (SSSR count). The van der Waals surface area contributed by atoms with Crippen LogP contribution >= 0.6 is 0 Å². The topological polar surface area (TPSA) is 63.4 Å². The van der Waals surface area contributed by atoms with Crippen LogP contribution in [0.2, 0.25) is 0 Å². The molecule has 0 aliphatic heterocycles. The van der Waals surface area contributed by atoms with E-state index in [0.717, 1.165) is 6.54 Å². The molecule has 0 spiro atoms. The van der Waals surface area contributed by atoms with Gasteiger partial charge >= 0.3 is 6.01 Å². The number of rotatable bonds is 7. The number of nitrogens with one attached hydrogen (secondary N) is 1. The van der Waals surface area contributed by atoms with Crippen LogP contribution < -0.4 is 10.2 Å². The number of anilines is 1. The number of ether oxygens (including phenoxy) is 1. The van der Waals surface area contributed by atoms with Crippen LogP contribution in [0.5, 0.6) is 0 Å². The summed E-state index contributed by atoms with van der Waals surface area (Å²) in [5.41, 5.74) is 0. The molecule has 6 nitrogen and oxygen atoms in total. The predicted octanol–water partition coefficient (Wildman–Crippen LogP) is 1.21. The van der Waals surface area contributed by atoms with Gasteiger partial charge in [-0.3, -0.25) is 0 Å². The predicted molar refractivity (Wildman–Crippen MR) is 66.1 cm³/mol. The number of nitrogens with zero attached hydrogens (tertiary/aromatic N) is 3. The van der Waals surface area contributed by atoms with Gasteiger partial charge in [0.15, 0.2) is 0 Å². The van der Waals surface area contributed by atoms with Crippen LogP contribution in [0, 0.1) is 0 Å². The molecule has 0 aliphatic rings. The molecule has 0 aromatic carbocycles. The van der Waals surface area contributed by atoms with Crippen molar-refractivity contribution in [1.29, 1.82) is 0 Å². The Morgan fingerprint density at radius 2 is 2.06 bits per heavy atom. The SMILES string of the molecule is CNC(C)c1nnc(N(CCOC)C(C)C)o1. The van der Waals surface area contributed by atoms with Crippen LogP contribution in [0.25, 0.3) is 0 Å². The van der Waals surface area contributed by atoms with Crippen LogP contribution in [-0.4, -0.2) is 43.5 Å². The Hall–Kier alpha value is -1.14. The highest BCUT2D eigenvalue weighted by molar-refractivity contribution is 5.25. The zero-order valence-electron chi connectivity index (χ0n) is 11.2. The lowest BCUT2D eigenvalue weighted by Crippen LogP contribution is -2.34. The first kappa shape index (κ1) is 13.9. The molecule has 0 amide bonds. The van der Waals surface area contributed by atoms with Crippen molar-refractivity contribution in [3.8, 4) is 0 Å². The molecule has 6 heteroatoms. The lowest BCUT2D eigenvalue weighted by Gasteiger charge is -2.23. The van der Waals surface area contributed by atoms with Gasteiger partial charge in [0.05, 0.1) is 12.6 Å². The number of hydrogen-bond donors (Lipinski definition) is 1. The fourth-order valence-electron chi connectivity index (χ4n) is 1.41. The molecule has 0 aliphatic carbocycles. The van der Waals surface area contributed by atoms with Gasteiger partial charge in [-0.1, -0.05) is 5.10 Å². The van der Waals surface area contributed by atoms with Crippen molar-refractivity contribution in [3.63, 3.8) is 0 Å². The molecule has 0 saturated carbocycles. The number of methoxy groups -OCH3 is 1. The Morgan fingerprint density at radius 3 is 2.59 bits per heavy atom. The van der Waals surface area contributed by atoms with Crippen LogP contribution in [0.1, 0.15) is 32.7 Å². The van der Waals surface area contributed by atoms with Crippen molar-refractivity contribution in [2.75, 3.05) is 32.2 Å². The third-order valence-corrected chi connectivity index (χ3v) is 2.64. The van der Waals surface area contributed by atoms with Crippen molar-refractivity contribution >= 4 is 6.01 Å². The first-order valence-corrected chi connectivity index (χ1v) is 5.86. The van der Waals surface area contributed by atoms with Crippen molar-refractivity contribution in [2.24, 2.45) is 0 Å². The second-order valence-electron chi connectivity index (χ2n) is 4.21. The third-order valence-electron chi connectivity index (χ3n) is 2.64. The molecule has 1 atom stereocenters. The minimum atomic E-state index is 0.0627. The molecule has 1 aromatic rings. The smallest absolute Gasteiger partial charge is 0.318 e. The highest BCUT2D eigenvalue weighted by atomic mass is 16.5. The Labute approximate surface area is 102 Å². The van der Waals surface area contributed by atoms with E-state index >= 15 is 0 Å². The summed E-state index contributed by atoms with van der Waals surface area (Å²) in [5, 5.41) is 11.2. The first-order chi connectivity index (χ1) is 8.10. The highest BCUT2D eigenvalue weighted by Crippen LogP contribution is 2.18. The van der Waals surface area contributed by atoms with Gasteiger partial charge in [-0.05, 0) is 27.8 Å².